The second kappa shape index (κ2) is 3.56. The Balaban J connectivity index is 2.38. The molecule has 60 valence electrons. The molecular formula is C7H13ClO2. The average Bonchev–Trinajstić information content (AvgIpc) is 1.94. The summed E-state index contributed by atoms with van der Waals surface area (Å²) in [5.74, 6) is 0. The molecule has 1 aliphatic rings. The number of aliphatic hydroxyl groups excluding tert-OH is 1. The van der Waals surface area contributed by atoms with Crippen LogP contribution in [-0.4, -0.2) is 29.8 Å². The average molecular weight is 165 g/mol. The van der Waals surface area contributed by atoms with Crippen LogP contribution in [0.15, 0.2) is 0 Å². The van der Waals surface area contributed by atoms with Gasteiger partial charge in [-0.1, -0.05) is 0 Å². The fourth-order valence-corrected chi connectivity index (χ4v) is 1.62. The van der Waals surface area contributed by atoms with Crippen molar-refractivity contribution in [3.8, 4) is 0 Å². The molecule has 0 amide bonds. The van der Waals surface area contributed by atoms with Crippen LogP contribution in [0.5, 0.6) is 0 Å². The van der Waals surface area contributed by atoms with Gasteiger partial charge in [0.05, 0.1) is 12.2 Å². The van der Waals surface area contributed by atoms with Gasteiger partial charge in [0.25, 0.3) is 0 Å². The van der Waals surface area contributed by atoms with Gasteiger partial charge in [-0.05, 0) is 19.3 Å². The third kappa shape index (κ3) is 1.84. The molecule has 0 spiro atoms. The summed E-state index contributed by atoms with van der Waals surface area (Å²) in [6.45, 7) is 0. The topological polar surface area (TPSA) is 29.5 Å². The van der Waals surface area contributed by atoms with Crippen LogP contribution in [0.2, 0.25) is 0 Å². The molecule has 1 fully saturated rings. The highest BCUT2D eigenvalue weighted by molar-refractivity contribution is 6.20. The fraction of sp³-hybridized carbons (Fsp3) is 1.00. The minimum atomic E-state index is -0.306. The molecule has 0 aliphatic heterocycles. The van der Waals surface area contributed by atoms with Gasteiger partial charge in [0, 0.05) is 12.5 Å². The normalized spacial score (nSPS) is 41.7. The molecule has 3 atom stereocenters. The quantitative estimate of drug-likeness (QED) is 0.590. The molecular weight excluding hydrogens is 152 g/mol. The molecule has 0 aromatic carbocycles. The Kier molecular flexibility index (Phi) is 2.96. The van der Waals surface area contributed by atoms with Crippen molar-refractivity contribution < 1.29 is 9.84 Å². The van der Waals surface area contributed by atoms with Crippen LogP contribution in [0.25, 0.3) is 0 Å². The van der Waals surface area contributed by atoms with E-state index in [2.05, 4.69) is 0 Å². The van der Waals surface area contributed by atoms with Crippen LogP contribution in [-0.2, 0) is 4.74 Å². The zero-order chi connectivity index (χ0) is 7.56. The van der Waals surface area contributed by atoms with E-state index in [1.54, 1.807) is 7.11 Å². The first-order valence-electron chi connectivity index (χ1n) is 3.59. The molecule has 0 radical (unpaired) electrons. The number of ether oxygens (including phenoxy) is 1. The maximum Gasteiger partial charge on any atom is 0.0844 e. The first-order chi connectivity index (χ1) is 4.74. The third-order valence-electron chi connectivity index (χ3n) is 2.00. The Morgan fingerprint density at radius 2 is 2.20 bits per heavy atom. The lowest BCUT2D eigenvalue weighted by Crippen LogP contribution is -2.35. The summed E-state index contributed by atoms with van der Waals surface area (Å²) in [4.78, 5) is 0. The minimum Gasteiger partial charge on any atom is -0.390 e. The van der Waals surface area contributed by atoms with Crippen molar-refractivity contribution in [3.63, 3.8) is 0 Å². The third-order valence-corrected chi connectivity index (χ3v) is 2.39. The van der Waals surface area contributed by atoms with E-state index in [-0.39, 0.29) is 17.6 Å². The number of alkyl halides is 1. The molecule has 1 aliphatic carbocycles. The molecule has 1 saturated carbocycles. The summed E-state index contributed by atoms with van der Waals surface area (Å²) >= 11 is 5.86. The summed E-state index contributed by atoms with van der Waals surface area (Å²) in [6, 6.07) is 0. The fourth-order valence-electron chi connectivity index (χ4n) is 1.32. The maximum absolute atomic E-state index is 9.30. The van der Waals surface area contributed by atoms with Crippen molar-refractivity contribution in [1.29, 1.82) is 0 Å². The van der Waals surface area contributed by atoms with E-state index in [4.69, 9.17) is 16.3 Å². The highest BCUT2D eigenvalue weighted by Gasteiger charge is 2.27. The van der Waals surface area contributed by atoms with E-state index in [0.29, 0.717) is 0 Å². The second-order valence-electron chi connectivity index (χ2n) is 2.75. The molecule has 0 heterocycles. The maximum atomic E-state index is 9.30. The molecule has 0 aromatic heterocycles. The Labute approximate surface area is 66.1 Å². The van der Waals surface area contributed by atoms with Gasteiger partial charge < -0.3 is 9.84 Å². The highest BCUT2D eigenvalue weighted by Crippen LogP contribution is 2.24. The van der Waals surface area contributed by atoms with E-state index in [1.807, 2.05) is 0 Å². The van der Waals surface area contributed by atoms with Crippen molar-refractivity contribution in [2.75, 3.05) is 7.11 Å². The monoisotopic (exact) mass is 164 g/mol. The summed E-state index contributed by atoms with van der Waals surface area (Å²) in [6.07, 6.45) is 2.10. The Bertz CT molecular complexity index is 108. The summed E-state index contributed by atoms with van der Waals surface area (Å²) < 4.78 is 5.04. The van der Waals surface area contributed by atoms with Crippen LogP contribution < -0.4 is 0 Å². The van der Waals surface area contributed by atoms with Crippen LogP contribution in [0.1, 0.15) is 19.3 Å². The Morgan fingerprint density at radius 1 is 1.50 bits per heavy atom. The van der Waals surface area contributed by atoms with Gasteiger partial charge in [0.15, 0.2) is 0 Å². The minimum absolute atomic E-state index is 0.0451. The van der Waals surface area contributed by atoms with Gasteiger partial charge >= 0.3 is 0 Å². The molecule has 2 nitrogen and oxygen atoms in total. The zero-order valence-electron chi connectivity index (χ0n) is 6.09. The molecule has 10 heavy (non-hydrogen) atoms. The first-order valence-corrected chi connectivity index (χ1v) is 4.02. The number of hydrogen-bond acceptors (Lipinski definition) is 2. The van der Waals surface area contributed by atoms with Crippen molar-refractivity contribution >= 4 is 11.6 Å². The number of rotatable bonds is 1. The van der Waals surface area contributed by atoms with Gasteiger partial charge in [-0.15, -0.1) is 11.6 Å². The molecule has 0 bridgehead atoms. The number of aliphatic hydroxyl groups is 1. The van der Waals surface area contributed by atoms with Crippen molar-refractivity contribution in [2.24, 2.45) is 0 Å². The van der Waals surface area contributed by atoms with E-state index in [9.17, 15) is 5.11 Å². The van der Waals surface area contributed by atoms with Crippen molar-refractivity contribution in [1.82, 2.24) is 0 Å². The van der Waals surface area contributed by atoms with Crippen molar-refractivity contribution in [2.45, 2.75) is 36.8 Å². The van der Waals surface area contributed by atoms with Crippen LogP contribution >= 0.6 is 11.6 Å². The SMILES string of the molecule is COC1CC(Cl)CCC1O. The number of halogens is 1. The number of hydrogen-bond donors (Lipinski definition) is 1. The molecule has 3 heteroatoms. The summed E-state index contributed by atoms with van der Waals surface area (Å²) in [7, 11) is 1.61. The molecule has 1 N–H and O–H groups in total. The number of methoxy groups -OCH3 is 1. The molecule has 0 saturated heterocycles. The lowest BCUT2D eigenvalue weighted by atomic mass is 9.94. The van der Waals surface area contributed by atoms with Gasteiger partial charge in [-0.3, -0.25) is 0 Å². The van der Waals surface area contributed by atoms with Gasteiger partial charge in [-0.2, -0.15) is 0 Å². The predicted octanol–water partition coefficient (Wildman–Crippen LogP) is 1.15. The van der Waals surface area contributed by atoms with Crippen LogP contribution in [0.4, 0.5) is 0 Å². The zero-order valence-corrected chi connectivity index (χ0v) is 6.84. The highest BCUT2D eigenvalue weighted by atomic mass is 35.5. The van der Waals surface area contributed by atoms with Gasteiger partial charge in [0.1, 0.15) is 0 Å². The van der Waals surface area contributed by atoms with Crippen LogP contribution in [0.3, 0.4) is 0 Å². The predicted molar refractivity (Wildman–Crippen MR) is 40.3 cm³/mol. The Morgan fingerprint density at radius 3 is 2.70 bits per heavy atom. The van der Waals surface area contributed by atoms with Gasteiger partial charge in [0.2, 0.25) is 0 Å². The molecule has 0 aromatic rings. The molecule has 1 rings (SSSR count). The Hall–Kier alpha value is 0.210. The van der Waals surface area contributed by atoms with Crippen LogP contribution in [0, 0.1) is 0 Å². The standard InChI is InChI=1S/C7H13ClO2/c1-10-7-4-5(8)2-3-6(7)9/h5-7,9H,2-4H2,1H3. The van der Waals surface area contributed by atoms with E-state index in [0.717, 1.165) is 19.3 Å². The first kappa shape index (κ1) is 8.31. The molecule has 3 unspecified atom stereocenters. The van der Waals surface area contributed by atoms with E-state index in [1.165, 1.54) is 0 Å². The second-order valence-corrected chi connectivity index (χ2v) is 3.37. The van der Waals surface area contributed by atoms with E-state index >= 15 is 0 Å². The summed E-state index contributed by atoms with van der Waals surface area (Å²) in [5.41, 5.74) is 0. The lowest BCUT2D eigenvalue weighted by Gasteiger charge is -2.29. The largest absolute Gasteiger partial charge is 0.390 e. The smallest absolute Gasteiger partial charge is 0.0844 e. The lowest BCUT2D eigenvalue weighted by molar-refractivity contribution is -0.0348. The summed E-state index contributed by atoms with van der Waals surface area (Å²) in [5, 5.41) is 9.49. The van der Waals surface area contributed by atoms with E-state index < -0.39 is 0 Å². The van der Waals surface area contributed by atoms with Gasteiger partial charge in [-0.25, -0.2) is 0 Å². The van der Waals surface area contributed by atoms with Crippen molar-refractivity contribution in [3.05, 3.63) is 0 Å².